The van der Waals surface area contributed by atoms with Crippen molar-refractivity contribution in [2.45, 2.75) is 33.6 Å². The van der Waals surface area contributed by atoms with Crippen LogP contribution in [-0.4, -0.2) is 12.6 Å². The van der Waals surface area contributed by atoms with Gasteiger partial charge in [-0.05, 0) is 24.0 Å². The van der Waals surface area contributed by atoms with Crippen molar-refractivity contribution < 1.29 is 9.53 Å². The minimum atomic E-state index is -0.221. The van der Waals surface area contributed by atoms with Crippen LogP contribution in [0, 0.1) is 11.8 Å². The van der Waals surface area contributed by atoms with E-state index in [1.54, 1.807) is 12.1 Å². The fourth-order valence-corrected chi connectivity index (χ4v) is 1.77. The maximum atomic E-state index is 11.7. The van der Waals surface area contributed by atoms with Gasteiger partial charge in [-0.1, -0.05) is 51.8 Å². The molecule has 2 nitrogen and oxygen atoms in total. The summed E-state index contributed by atoms with van der Waals surface area (Å²) >= 11 is 0. The molecule has 0 aliphatic carbocycles. The first-order valence-corrected chi connectivity index (χ1v) is 6.37. The second-order valence-corrected chi connectivity index (χ2v) is 4.71. The molecule has 2 heteroatoms. The molecule has 0 radical (unpaired) electrons. The number of hydrogen-bond donors (Lipinski definition) is 0. The first-order chi connectivity index (χ1) is 8.15. The van der Waals surface area contributed by atoms with Crippen molar-refractivity contribution in [3.05, 3.63) is 35.9 Å². The molecule has 17 heavy (non-hydrogen) atoms. The molecule has 1 rings (SSSR count). The van der Waals surface area contributed by atoms with E-state index in [1.807, 2.05) is 18.2 Å². The fraction of sp³-hybridized carbons (Fsp3) is 0.533. The van der Waals surface area contributed by atoms with Crippen LogP contribution in [0.25, 0.3) is 0 Å². The van der Waals surface area contributed by atoms with E-state index >= 15 is 0 Å². The van der Waals surface area contributed by atoms with Crippen LogP contribution >= 0.6 is 0 Å². The molecule has 0 amide bonds. The van der Waals surface area contributed by atoms with Crippen molar-refractivity contribution in [3.63, 3.8) is 0 Å². The van der Waals surface area contributed by atoms with Gasteiger partial charge < -0.3 is 4.74 Å². The lowest BCUT2D eigenvalue weighted by Crippen LogP contribution is -2.17. The highest BCUT2D eigenvalue weighted by Gasteiger charge is 2.14. The van der Waals surface area contributed by atoms with E-state index in [0.717, 1.165) is 0 Å². The van der Waals surface area contributed by atoms with Crippen molar-refractivity contribution >= 4 is 5.97 Å². The van der Waals surface area contributed by atoms with Gasteiger partial charge in [0.1, 0.15) is 0 Å². The van der Waals surface area contributed by atoms with Gasteiger partial charge in [-0.3, -0.25) is 0 Å². The Morgan fingerprint density at radius 2 is 1.82 bits per heavy atom. The SMILES string of the molecule is CCCC(C)C(C)COC(=O)c1ccccc1. The second kappa shape index (κ2) is 7.10. The quantitative estimate of drug-likeness (QED) is 0.697. The maximum Gasteiger partial charge on any atom is 0.338 e. The van der Waals surface area contributed by atoms with E-state index in [4.69, 9.17) is 4.74 Å². The summed E-state index contributed by atoms with van der Waals surface area (Å²) in [7, 11) is 0. The Labute approximate surface area is 104 Å². The summed E-state index contributed by atoms with van der Waals surface area (Å²) in [5.41, 5.74) is 0.628. The molecule has 0 aliphatic rings. The van der Waals surface area contributed by atoms with Crippen LogP contribution in [0.5, 0.6) is 0 Å². The summed E-state index contributed by atoms with van der Waals surface area (Å²) in [5.74, 6) is 0.798. The Hall–Kier alpha value is -1.31. The van der Waals surface area contributed by atoms with Crippen LogP contribution in [0.3, 0.4) is 0 Å². The number of hydrogen-bond acceptors (Lipinski definition) is 2. The fourth-order valence-electron chi connectivity index (χ4n) is 1.77. The third kappa shape index (κ3) is 4.59. The summed E-state index contributed by atoms with van der Waals surface area (Å²) < 4.78 is 5.32. The van der Waals surface area contributed by atoms with Gasteiger partial charge in [-0.25, -0.2) is 4.79 Å². The molecule has 0 heterocycles. The lowest BCUT2D eigenvalue weighted by molar-refractivity contribution is 0.0409. The standard InChI is InChI=1S/C15H22O2/c1-4-8-12(2)13(3)11-17-15(16)14-9-6-5-7-10-14/h5-7,9-10,12-13H,4,8,11H2,1-3H3. The Morgan fingerprint density at radius 1 is 1.18 bits per heavy atom. The molecule has 2 atom stereocenters. The zero-order chi connectivity index (χ0) is 12.7. The molecule has 1 aromatic carbocycles. The van der Waals surface area contributed by atoms with Crippen LogP contribution < -0.4 is 0 Å². The molecule has 0 bridgehead atoms. The first kappa shape index (κ1) is 13.8. The summed E-state index contributed by atoms with van der Waals surface area (Å²) in [6.45, 7) is 7.04. The predicted molar refractivity (Wildman–Crippen MR) is 70.0 cm³/mol. The average Bonchev–Trinajstić information content (AvgIpc) is 2.36. The molecule has 0 fully saturated rings. The third-order valence-corrected chi connectivity index (χ3v) is 3.20. The number of benzene rings is 1. The van der Waals surface area contributed by atoms with E-state index in [0.29, 0.717) is 24.0 Å². The van der Waals surface area contributed by atoms with Crippen LogP contribution in [0.1, 0.15) is 44.0 Å². The lowest BCUT2D eigenvalue weighted by Gasteiger charge is -2.19. The summed E-state index contributed by atoms with van der Waals surface area (Å²) in [6.07, 6.45) is 2.36. The van der Waals surface area contributed by atoms with E-state index in [-0.39, 0.29) is 5.97 Å². The van der Waals surface area contributed by atoms with E-state index in [1.165, 1.54) is 12.8 Å². The molecule has 1 aromatic rings. The molecule has 2 unspecified atom stereocenters. The van der Waals surface area contributed by atoms with Gasteiger partial charge in [0.2, 0.25) is 0 Å². The Balaban J connectivity index is 2.38. The number of ether oxygens (including phenoxy) is 1. The van der Waals surface area contributed by atoms with Crippen LogP contribution in [0.4, 0.5) is 0 Å². The zero-order valence-corrected chi connectivity index (χ0v) is 11.0. The normalized spacial score (nSPS) is 14.1. The third-order valence-electron chi connectivity index (χ3n) is 3.20. The van der Waals surface area contributed by atoms with Crippen molar-refractivity contribution in [3.8, 4) is 0 Å². The monoisotopic (exact) mass is 234 g/mol. The highest BCUT2D eigenvalue weighted by molar-refractivity contribution is 5.89. The van der Waals surface area contributed by atoms with Crippen molar-refractivity contribution in [2.24, 2.45) is 11.8 Å². The molecule has 0 spiro atoms. The van der Waals surface area contributed by atoms with Gasteiger partial charge in [0.25, 0.3) is 0 Å². The Bertz CT molecular complexity index is 332. The average molecular weight is 234 g/mol. The smallest absolute Gasteiger partial charge is 0.338 e. The van der Waals surface area contributed by atoms with Crippen molar-refractivity contribution in [1.82, 2.24) is 0 Å². The minimum absolute atomic E-state index is 0.221. The van der Waals surface area contributed by atoms with Gasteiger partial charge in [0, 0.05) is 0 Å². The van der Waals surface area contributed by atoms with E-state index < -0.39 is 0 Å². The largest absolute Gasteiger partial charge is 0.462 e. The zero-order valence-electron chi connectivity index (χ0n) is 11.0. The number of carbonyl (C=O) groups excluding carboxylic acids is 1. The molecular weight excluding hydrogens is 212 g/mol. The van der Waals surface area contributed by atoms with Crippen LogP contribution in [0.15, 0.2) is 30.3 Å². The van der Waals surface area contributed by atoms with E-state index in [2.05, 4.69) is 20.8 Å². The lowest BCUT2D eigenvalue weighted by atomic mass is 9.93. The van der Waals surface area contributed by atoms with Crippen LogP contribution in [-0.2, 0) is 4.74 Å². The minimum Gasteiger partial charge on any atom is -0.462 e. The maximum absolute atomic E-state index is 11.7. The van der Waals surface area contributed by atoms with Gasteiger partial charge in [-0.2, -0.15) is 0 Å². The molecule has 0 saturated heterocycles. The molecule has 94 valence electrons. The molecule has 0 aromatic heterocycles. The van der Waals surface area contributed by atoms with Gasteiger partial charge >= 0.3 is 5.97 Å². The molecular formula is C15H22O2. The van der Waals surface area contributed by atoms with Crippen LogP contribution in [0.2, 0.25) is 0 Å². The summed E-state index contributed by atoms with van der Waals surface area (Å²) in [4.78, 5) is 11.7. The highest BCUT2D eigenvalue weighted by atomic mass is 16.5. The van der Waals surface area contributed by atoms with Gasteiger partial charge in [0.15, 0.2) is 0 Å². The molecule has 0 aliphatic heterocycles. The van der Waals surface area contributed by atoms with E-state index in [9.17, 15) is 4.79 Å². The Kier molecular flexibility index (Phi) is 5.75. The van der Waals surface area contributed by atoms with Crippen molar-refractivity contribution in [2.75, 3.05) is 6.61 Å². The van der Waals surface area contributed by atoms with Crippen molar-refractivity contribution in [1.29, 1.82) is 0 Å². The number of esters is 1. The Morgan fingerprint density at radius 3 is 2.41 bits per heavy atom. The van der Waals surface area contributed by atoms with Gasteiger partial charge in [-0.15, -0.1) is 0 Å². The summed E-state index contributed by atoms with van der Waals surface area (Å²) in [5, 5.41) is 0. The summed E-state index contributed by atoms with van der Waals surface area (Å²) in [6, 6.07) is 9.15. The molecule has 0 N–H and O–H groups in total. The second-order valence-electron chi connectivity index (χ2n) is 4.71. The predicted octanol–water partition coefficient (Wildman–Crippen LogP) is 3.92. The highest BCUT2D eigenvalue weighted by Crippen LogP contribution is 2.17. The number of rotatable bonds is 6. The number of carbonyl (C=O) groups is 1. The molecule has 0 saturated carbocycles. The van der Waals surface area contributed by atoms with Gasteiger partial charge in [0.05, 0.1) is 12.2 Å². The first-order valence-electron chi connectivity index (χ1n) is 6.37. The topological polar surface area (TPSA) is 26.3 Å².